The molecule has 0 aromatic carbocycles. The summed E-state index contributed by atoms with van der Waals surface area (Å²) in [5, 5.41) is 10.5. The number of amides is 1. The highest BCUT2D eigenvalue weighted by Gasteiger charge is 2.41. The van der Waals surface area contributed by atoms with E-state index in [4.69, 9.17) is 0 Å². The second-order valence-electron chi connectivity index (χ2n) is 6.30. The van der Waals surface area contributed by atoms with Crippen LogP contribution in [0.4, 0.5) is 5.82 Å². The molecule has 2 aromatic heterocycles. The van der Waals surface area contributed by atoms with Gasteiger partial charge in [0, 0.05) is 50.9 Å². The zero-order chi connectivity index (χ0) is 17.2. The van der Waals surface area contributed by atoms with Crippen molar-refractivity contribution >= 4 is 23.1 Å². The molecule has 1 aliphatic heterocycles. The Bertz CT molecular complexity index is 701. The molecular weight excluding hydrogens is 324 g/mol. The van der Waals surface area contributed by atoms with Crippen molar-refractivity contribution in [2.45, 2.75) is 31.8 Å². The first-order valence-corrected chi connectivity index (χ1v) is 9.02. The predicted molar refractivity (Wildman–Crippen MR) is 95.0 cm³/mol. The number of piperidine rings is 1. The van der Waals surface area contributed by atoms with E-state index in [1.807, 2.05) is 31.7 Å². The number of carbonyl (C=O) groups excluding carboxylic acids is 1. The van der Waals surface area contributed by atoms with Gasteiger partial charge >= 0.3 is 0 Å². The Hall–Kier alpha value is -1.93. The second kappa shape index (κ2) is 6.90. The number of likely N-dealkylation sites (N-methyl/N-ethyl adjacent to an activating group) is 1. The fourth-order valence-electron chi connectivity index (χ4n) is 3.15. The molecule has 24 heavy (non-hydrogen) atoms. The maximum atomic E-state index is 12.5. The second-order valence-corrected chi connectivity index (χ2v) is 7.24. The summed E-state index contributed by atoms with van der Waals surface area (Å²) in [6.45, 7) is 4.69. The highest BCUT2D eigenvalue weighted by molar-refractivity contribution is 7.09. The first-order valence-electron chi connectivity index (χ1n) is 8.14. The van der Waals surface area contributed by atoms with Gasteiger partial charge in [0.2, 0.25) is 5.91 Å². The molecule has 1 saturated heterocycles. The Kier molecular flexibility index (Phi) is 4.86. The van der Waals surface area contributed by atoms with Gasteiger partial charge in [0.1, 0.15) is 11.4 Å². The molecule has 3 heterocycles. The van der Waals surface area contributed by atoms with E-state index in [-0.39, 0.29) is 5.91 Å². The third kappa shape index (κ3) is 3.44. The molecule has 7 nitrogen and oxygen atoms in total. The molecule has 0 spiro atoms. The summed E-state index contributed by atoms with van der Waals surface area (Å²) in [4.78, 5) is 20.6. The van der Waals surface area contributed by atoms with Gasteiger partial charge in [-0.2, -0.15) is 5.10 Å². The molecule has 0 atom stereocenters. The third-order valence-corrected chi connectivity index (χ3v) is 5.58. The third-order valence-electron chi connectivity index (χ3n) is 4.66. The van der Waals surface area contributed by atoms with Gasteiger partial charge in [-0.1, -0.05) is 0 Å². The quantitative estimate of drug-likeness (QED) is 0.854. The average molecular weight is 348 g/mol. The molecule has 130 valence electrons. The number of aryl methyl sites for hydroxylation is 2. The molecule has 0 saturated carbocycles. The largest absolute Gasteiger partial charge is 0.357 e. The van der Waals surface area contributed by atoms with Gasteiger partial charge < -0.3 is 10.6 Å². The Labute approximate surface area is 146 Å². The number of anilines is 1. The van der Waals surface area contributed by atoms with Crippen molar-refractivity contribution in [3.05, 3.63) is 28.3 Å². The lowest BCUT2D eigenvalue weighted by molar-refractivity contribution is -0.126. The summed E-state index contributed by atoms with van der Waals surface area (Å²) in [5.74, 6) is 0.773. The van der Waals surface area contributed by atoms with Crippen LogP contribution >= 0.6 is 11.3 Å². The van der Waals surface area contributed by atoms with E-state index in [0.717, 1.165) is 44.0 Å². The van der Waals surface area contributed by atoms with E-state index in [0.29, 0.717) is 0 Å². The Morgan fingerprint density at radius 2 is 2.17 bits per heavy atom. The number of nitrogens with one attached hydrogen (secondary N) is 2. The average Bonchev–Trinajstić information content (AvgIpc) is 3.17. The van der Waals surface area contributed by atoms with Gasteiger partial charge in [0.05, 0.1) is 11.2 Å². The van der Waals surface area contributed by atoms with E-state index >= 15 is 0 Å². The topological polar surface area (TPSA) is 75.1 Å². The van der Waals surface area contributed by atoms with Crippen molar-refractivity contribution in [2.75, 3.05) is 25.5 Å². The Morgan fingerprint density at radius 1 is 1.42 bits per heavy atom. The van der Waals surface area contributed by atoms with Gasteiger partial charge in [-0.3, -0.25) is 14.4 Å². The lowest BCUT2D eigenvalue weighted by atomic mass is 9.86. The Balaban J connectivity index is 1.68. The summed E-state index contributed by atoms with van der Waals surface area (Å²) in [6.07, 6.45) is 3.38. The van der Waals surface area contributed by atoms with Crippen molar-refractivity contribution in [1.29, 1.82) is 0 Å². The Morgan fingerprint density at radius 3 is 2.71 bits per heavy atom. The van der Waals surface area contributed by atoms with E-state index in [1.54, 1.807) is 23.1 Å². The van der Waals surface area contributed by atoms with E-state index in [9.17, 15) is 4.79 Å². The molecule has 2 aromatic rings. The van der Waals surface area contributed by atoms with Crippen LogP contribution in [0.2, 0.25) is 0 Å². The fraction of sp³-hybridized carbons (Fsp3) is 0.562. The first kappa shape index (κ1) is 16.9. The number of aromatic nitrogens is 3. The lowest BCUT2D eigenvalue weighted by Gasteiger charge is -2.40. The summed E-state index contributed by atoms with van der Waals surface area (Å²) in [6, 6.07) is 1.90. The minimum Gasteiger partial charge on any atom is -0.357 e. The van der Waals surface area contributed by atoms with Crippen molar-refractivity contribution in [1.82, 2.24) is 25.0 Å². The van der Waals surface area contributed by atoms with Crippen molar-refractivity contribution in [3.63, 3.8) is 0 Å². The number of thiazole rings is 1. The van der Waals surface area contributed by atoms with Crippen LogP contribution in [-0.2, 0) is 18.4 Å². The first-order chi connectivity index (χ1) is 11.5. The predicted octanol–water partition coefficient (Wildman–Crippen LogP) is 1.38. The van der Waals surface area contributed by atoms with Crippen molar-refractivity contribution in [3.8, 4) is 0 Å². The fourth-order valence-corrected chi connectivity index (χ4v) is 3.97. The van der Waals surface area contributed by atoms with Gasteiger partial charge in [-0.15, -0.1) is 11.3 Å². The molecular formula is C16H24N6OS. The van der Waals surface area contributed by atoms with Gasteiger partial charge in [0.25, 0.3) is 0 Å². The summed E-state index contributed by atoms with van der Waals surface area (Å²) in [5.41, 5.74) is 2.41. The van der Waals surface area contributed by atoms with Crippen LogP contribution in [0.1, 0.15) is 23.4 Å². The molecule has 8 heteroatoms. The standard InChI is InChI=1S/C16H24N6OS/c1-12-13(24-11-18-12)10-22-8-5-16(6-9-22,15(23)17-2)19-14-4-7-21(3)20-14/h4,7,11H,5-6,8-10H2,1-3H3,(H,17,23)(H,19,20). The van der Waals surface area contributed by atoms with Gasteiger partial charge in [0.15, 0.2) is 0 Å². The van der Waals surface area contributed by atoms with Crippen LogP contribution in [0.3, 0.4) is 0 Å². The number of likely N-dealkylation sites (tertiary alicyclic amines) is 1. The van der Waals surface area contributed by atoms with Crippen LogP contribution in [0.25, 0.3) is 0 Å². The lowest BCUT2D eigenvalue weighted by Crippen LogP contribution is -2.57. The van der Waals surface area contributed by atoms with Crippen LogP contribution in [-0.4, -0.2) is 51.2 Å². The van der Waals surface area contributed by atoms with Crippen molar-refractivity contribution < 1.29 is 4.79 Å². The normalized spacial score (nSPS) is 17.6. The molecule has 0 bridgehead atoms. The van der Waals surface area contributed by atoms with E-state index in [1.165, 1.54) is 4.88 Å². The monoisotopic (exact) mass is 348 g/mol. The minimum absolute atomic E-state index is 0.0294. The molecule has 0 unspecified atom stereocenters. The maximum absolute atomic E-state index is 12.5. The number of carbonyl (C=O) groups is 1. The zero-order valence-corrected chi connectivity index (χ0v) is 15.2. The zero-order valence-electron chi connectivity index (χ0n) is 14.4. The van der Waals surface area contributed by atoms with Crippen LogP contribution < -0.4 is 10.6 Å². The molecule has 1 fully saturated rings. The van der Waals surface area contributed by atoms with Crippen LogP contribution in [0.5, 0.6) is 0 Å². The van der Waals surface area contributed by atoms with E-state index < -0.39 is 5.54 Å². The SMILES string of the molecule is CNC(=O)C1(Nc2ccn(C)n2)CCN(Cc2scnc2C)CC1. The van der Waals surface area contributed by atoms with Crippen LogP contribution in [0.15, 0.2) is 17.8 Å². The van der Waals surface area contributed by atoms with Crippen molar-refractivity contribution in [2.24, 2.45) is 7.05 Å². The smallest absolute Gasteiger partial charge is 0.245 e. The molecule has 1 aliphatic rings. The minimum atomic E-state index is -0.595. The molecule has 2 N–H and O–H groups in total. The number of hydrogen-bond donors (Lipinski definition) is 2. The number of rotatable bonds is 5. The van der Waals surface area contributed by atoms with E-state index in [2.05, 4.69) is 25.6 Å². The summed E-state index contributed by atoms with van der Waals surface area (Å²) < 4.78 is 1.74. The highest BCUT2D eigenvalue weighted by atomic mass is 32.1. The molecule has 0 aliphatic carbocycles. The van der Waals surface area contributed by atoms with Gasteiger partial charge in [-0.05, 0) is 19.8 Å². The van der Waals surface area contributed by atoms with Gasteiger partial charge in [-0.25, -0.2) is 4.98 Å². The molecule has 0 radical (unpaired) electrons. The highest BCUT2D eigenvalue weighted by Crippen LogP contribution is 2.28. The molecule has 1 amide bonds. The number of hydrogen-bond acceptors (Lipinski definition) is 6. The maximum Gasteiger partial charge on any atom is 0.245 e. The summed E-state index contributed by atoms with van der Waals surface area (Å²) in [7, 11) is 3.56. The number of nitrogens with zero attached hydrogens (tertiary/aromatic N) is 4. The van der Waals surface area contributed by atoms with Crippen LogP contribution in [0, 0.1) is 6.92 Å². The summed E-state index contributed by atoms with van der Waals surface area (Å²) >= 11 is 1.70. The molecule has 3 rings (SSSR count).